The van der Waals surface area contributed by atoms with Crippen LogP contribution >= 0.6 is 0 Å². The first-order valence-corrected chi connectivity index (χ1v) is 6.80. The zero-order valence-electron chi connectivity index (χ0n) is 11.9. The number of fused-ring (bicyclic) bond motifs is 1. The zero-order chi connectivity index (χ0) is 14.8. The van der Waals surface area contributed by atoms with Crippen LogP contribution in [0.2, 0.25) is 0 Å². The minimum atomic E-state index is -0.239. The monoisotopic (exact) mass is 284 g/mol. The Morgan fingerprint density at radius 1 is 1.33 bits per heavy atom. The van der Waals surface area contributed by atoms with Gasteiger partial charge >= 0.3 is 0 Å². The summed E-state index contributed by atoms with van der Waals surface area (Å²) in [6.45, 7) is 2.82. The summed E-state index contributed by atoms with van der Waals surface area (Å²) in [4.78, 5) is 15.6. The highest BCUT2D eigenvalue weighted by molar-refractivity contribution is 5.92. The molecule has 2 aromatic rings. The number of nitrogens with one attached hydrogen (secondary N) is 1. The molecule has 1 amide bonds. The van der Waals surface area contributed by atoms with Gasteiger partial charge in [0.1, 0.15) is 22.9 Å². The number of carbonyl (C=O) groups is 1. The Kier molecular flexibility index (Phi) is 3.48. The molecule has 108 valence electrons. The second-order valence-electron chi connectivity index (χ2n) is 4.97. The summed E-state index contributed by atoms with van der Waals surface area (Å²) in [5.41, 5.74) is 1.47. The van der Waals surface area contributed by atoms with E-state index in [4.69, 9.17) is 9.47 Å². The molecule has 0 saturated heterocycles. The van der Waals surface area contributed by atoms with E-state index >= 15 is 0 Å². The molecule has 21 heavy (non-hydrogen) atoms. The van der Waals surface area contributed by atoms with Gasteiger partial charge in [-0.2, -0.15) is 0 Å². The van der Waals surface area contributed by atoms with Gasteiger partial charge in [-0.3, -0.25) is 9.78 Å². The van der Waals surface area contributed by atoms with Crippen LogP contribution in [0.3, 0.4) is 0 Å². The van der Waals surface area contributed by atoms with Crippen LogP contribution in [0.5, 0.6) is 17.2 Å². The molecule has 2 heterocycles. The van der Waals surface area contributed by atoms with Crippen molar-refractivity contribution in [3.05, 3.63) is 47.8 Å². The minimum Gasteiger partial charge on any atom is -0.493 e. The number of benzene rings is 1. The molecule has 0 spiro atoms. The minimum absolute atomic E-state index is 0.239. The molecule has 1 aliphatic heterocycles. The number of carbonyl (C=O) groups excluding carboxylic acids is 1. The highest BCUT2D eigenvalue weighted by Gasteiger charge is 2.20. The fourth-order valence-electron chi connectivity index (χ4n) is 2.27. The fourth-order valence-corrected chi connectivity index (χ4v) is 2.27. The normalized spacial score (nSPS) is 16.0. The van der Waals surface area contributed by atoms with E-state index in [2.05, 4.69) is 17.2 Å². The van der Waals surface area contributed by atoms with Gasteiger partial charge in [0.25, 0.3) is 5.91 Å². The molecule has 0 bridgehead atoms. The van der Waals surface area contributed by atoms with Gasteiger partial charge in [-0.15, -0.1) is 0 Å². The summed E-state index contributed by atoms with van der Waals surface area (Å²) >= 11 is 0. The first-order chi connectivity index (χ1) is 10.2. The summed E-state index contributed by atoms with van der Waals surface area (Å²) in [7, 11) is 1.57. The molecule has 1 N–H and O–H groups in total. The van der Waals surface area contributed by atoms with Gasteiger partial charge < -0.3 is 14.8 Å². The van der Waals surface area contributed by atoms with Crippen LogP contribution in [-0.2, 0) is 0 Å². The lowest BCUT2D eigenvalue weighted by molar-refractivity contribution is 0.0958. The molecule has 0 fully saturated rings. The third-order valence-corrected chi connectivity index (χ3v) is 3.43. The van der Waals surface area contributed by atoms with E-state index in [9.17, 15) is 4.79 Å². The number of pyridine rings is 1. The summed E-state index contributed by atoms with van der Waals surface area (Å²) in [5, 5.41) is 2.54. The first-order valence-electron chi connectivity index (χ1n) is 6.80. The van der Waals surface area contributed by atoms with Crippen LogP contribution in [-0.4, -0.2) is 24.5 Å². The van der Waals surface area contributed by atoms with Crippen molar-refractivity contribution in [3.8, 4) is 17.2 Å². The maximum absolute atomic E-state index is 11.6. The summed E-state index contributed by atoms with van der Waals surface area (Å²) in [6, 6.07) is 9.09. The quantitative estimate of drug-likeness (QED) is 0.941. The molecule has 0 radical (unpaired) electrons. The largest absolute Gasteiger partial charge is 0.493 e. The second-order valence-corrected chi connectivity index (χ2v) is 4.97. The topological polar surface area (TPSA) is 60.5 Å². The van der Waals surface area contributed by atoms with Crippen molar-refractivity contribution in [3.63, 3.8) is 0 Å². The van der Waals surface area contributed by atoms with Crippen molar-refractivity contribution in [1.29, 1.82) is 0 Å². The maximum Gasteiger partial charge on any atom is 0.269 e. The number of hydrogen-bond donors (Lipinski definition) is 1. The van der Waals surface area contributed by atoms with E-state index in [0.29, 0.717) is 24.0 Å². The molecular formula is C16H16N2O3. The molecule has 1 aromatic carbocycles. The highest BCUT2D eigenvalue weighted by Crippen LogP contribution is 2.37. The van der Waals surface area contributed by atoms with Crippen LogP contribution in [0, 0.1) is 0 Å². The Morgan fingerprint density at radius 2 is 2.14 bits per heavy atom. The van der Waals surface area contributed by atoms with Gasteiger partial charge in [-0.05, 0) is 24.3 Å². The summed E-state index contributed by atoms with van der Waals surface area (Å²) in [6.07, 6.45) is 1.55. The first kappa shape index (κ1) is 13.4. The third kappa shape index (κ3) is 2.67. The average molecular weight is 284 g/mol. The number of aromatic nitrogens is 1. The average Bonchev–Trinajstić information content (AvgIpc) is 2.88. The number of nitrogens with zero attached hydrogens (tertiary/aromatic N) is 1. The van der Waals surface area contributed by atoms with E-state index in [1.807, 2.05) is 18.2 Å². The Bertz CT molecular complexity index is 685. The van der Waals surface area contributed by atoms with Crippen LogP contribution < -0.4 is 14.8 Å². The maximum atomic E-state index is 11.6. The summed E-state index contributed by atoms with van der Waals surface area (Å²) in [5.74, 6) is 2.34. The van der Waals surface area contributed by atoms with Crippen molar-refractivity contribution in [1.82, 2.24) is 10.3 Å². The molecule has 3 rings (SSSR count). The lowest BCUT2D eigenvalue weighted by atomic mass is 10.0. The van der Waals surface area contributed by atoms with Gasteiger partial charge in [-0.25, -0.2) is 0 Å². The van der Waals surface area contributed by atoms with Gasteiger partial charge in [0.05, 0.1) is 6.61 Å². The molecule has 5 nitrogen and oxygen atoms in total. The van der Waals surface area contributed by atoms with Crippen LogP contribution in [0.15, 0.2) is 36.5 Å². The summed E-state index contributed by atoms with van der Waals surface area (Å²) < 4.78 is 11.4. The van der Waals surface area contributed by atoms with Crippen LogP contribution in [0.1, 0.15) is 28.9 Å². The van der Waals surface area contributed by atoms with E-state index in [-0.39, 0.29) is 5.91 Å². The molecule has 1 aliphatic rings. The smallest absolute Gasteiger partial charge is 0.269 e. The molecular weight excluding hydrogens is 268 g/mol. The zero-order valence-corrected chi connectivity index (χ0v) is 11.9. The van der Waals surface area contributed by atoms with Gasteiger partial charge in [0, 0.05) is 30.8 Å². The van der Waals surface area contributed by atoms with E-state index < -0.39 is 0 Å². The van der Waals surface area contributed by atoms with Crippen LogP contribution in [0.4, 0.5) is 0 Å². The van der Waals surface area contributed by atoms with Crippen molar-refractivity contribution < 1.29 is 14.3 Å². The Hall–Kier alpha value is -2.56. The molecule has 1 aromatic heterocycles. The van der Waals surface area contributed by atoms with Crippen molar-refractivity contribution in [2.24, 2.45) is 0 Å². The Labute approximate surface area is 122 Å². The van der Waals surface area contributed by atoms with E-state index in [1.165, 1.54) is 0 Å². The predicted octanol–water partition coefficient (Wildman–Crippen LogP) is 2.73. The number of rotatable bonds is 3. The molecule has 1 unspecified atom stereocenters. The van der Waals surface area contributed by atoms with Crippen molar-refractivity contribution in [2.45, 2.75) is 12.8 Å². The number of ether oxygens (including phenoxy) is 2. The number of amides is 1. The molecule has 5 heteroatoms. The fraction of sp³-hybridized carbons (Fsp3) is 0.250. The SMILES string of the molecule is CNC(=O)c1cc(Oc2ccc3c(c2)C(C)CO3)ccn1. The lowest BCUT2D eigenvalue weighted by Crippen LogP contribution is -2.18. The molecule has 0 aliphatic carbocycles. The third-order valence-electron chi connectivity index (χ3n) is 3.43. The van der Waals surface area contributed by atoms with E-state index in [0.717, 1.165) is 17.1 Å². The van der Waals surface area contributed by atoms with Crippen molar-refractivity contribution >= 4 is 5.91 Å². The van der Waals surface area contributed by atoms with Crippen LogP contribution in [0.25, 0.3) is 0 Å². The lowest BCUT2D eigenvalue weighted by Gasteiger charge is -2.09. The standard InChI is InChI=1S/C16H16N2O3/c1-10-9-20-15-4-3-11(7-13(10)15)21-12-5-6-18-14(8-12)16(19)17-2/h3-8,10H,9H2,1-2H3,(H,17,19). The van der Waals surface area contributed by atoms with Gasteiger partial charge in [0.15, 0.2) is 0 Å². The molecule has 0 saturated carbocycles. The van der Waals surface area contributed by atoms with Crippen molar-refractivity contribution in [2.75, 3.05) is 13.7 Å². The molecule has 1 atom stereocenters. The van der Waals surface area contributed by atoms with E-state index in [1.54, 1.807) is 25.4 Å². The Morgan fingerprint density at radius 3 is 2.95 bits per heavy atom. The highest BCUT2D eigenvalue weighted by atomic mass is 16.5. The second kappa shape index (κ2) is 5.44. The van der Waals surface area contributed by atoms with Gasteiger partial charge in [-0.1, -0.05) is 6.92 Å². The Balaban J connectivity index is 1.84. The predicted molar refractivity (Wildman–Crippen MR) is 78.1 cm³/mol. The number of hydrogen-bond acceptors (Lipinski definition) is 4. The van der Waals surface area contributed by atoms with Gasteiger partial charge in [0.2, 0.25) is 0 Å².